The molecule has 3 aromatic rings. The summed E-state index contributed by atoms with van der Waals surface area (Å²) in [4.78, 5) is 47.9. The van der Waals surface area contributed by atoms with Crippen LogP contribution in [0.2, 0.25) is 0 Å². The Morgan fingerprint density at radius 1 is 0.979 bits per heavy atom. The molecule has 2 saturated heterocycles. The highest BCUT2D eigenvalue weighted by atomic mass is 16.5. The van der Waals surface area contributed by atoms with Crippen LogP contribution in [0.25, 0.3) is 11.1 Å². The SMILES string of the molecule is CCCN1C(=O)C2(CCOCC2)c2ccc(-c3cc(C(=O)NCc4c(C)cc(C)[nH]c4=O)c(C)c(N(CC)C4CCOCC4)c3)cc21. The average molecular weight is 641 g/mol. The summed E-state index contributed by atoms with van der Waals surface area (Å²) < 4.78 is 11.4. The van der Waals surface area contributed by atoms with Crippen molar-refractivity contribution >= 4 is 23.2 Å². The van der Waals surface area contributed by atoms with Crippen LogP contribution in [-0.4, -0.2) is 62.4 Å². The summed E-state index contributed by atoms with van der Waals surface area (Å²) in [6.45, 7) is 14.2. The lowest BCUT2D eigenvalue weighted by Gasteiger charge is -2.37. The topological polar surface area (TPSA) is 104 Å². The molecular weight excluding hydrogens is 592 g/mol. The summed E-state index contributed by atoms with van der Waals surface area (Å²) in [6.07, 6.45) is 4.09. The van der Waals surface area contributed by atoms with E-state index in [1.165, 1.54) is 0 Å². The lowest BCUT2D eigenvalue weighted by molar-refractivity contribution is -0.126. The number of amides is 2. The van der Waals surface area contributed by atoms with Crippen molar-refractivity contribution in [3.8, 4) is 11.1 Å². The molecule has 2 N–H and O–H groups in total. The molecule has 2 aromatic carbocycles. The Labute approximate surface area is 277 Å². The molecule has 0 saturated carbocycles. The predicted molar refractivity (Wildman–Crippen MR) is 186 cm³/mol. The Kier molecular flexibility index (Phi) is 9.58. The number of aromatic nitrogens is 1. The quantitative estimate of drug-likeness (QED) is 0.311. The lowest BCUT2D eigenvalue weighted by Crippen LogP contribution is -2.44. The highest BCUT2D eigenvalue weighted by Crippen LogP contribution is 2.49. The third kappa shape index (κ3) is 6.11. The largest absolute Gasteiger partial charge is 0.381 e. The zero-order chi connectivity index (χ0) is 33.3. The van der Waals surface area contributed by atoms with Gasteiger partial charge in [0.1, 0.15) is 0 Å². The van der Waals surface area contributed by atoms with Gasteiger partial charge < -0.3 is 29.6 Å². The zero-order valence-electron chi connectivity index (χ0n) is 28.5. The minimum absolute atomic E-state index is 0.134. The van der Waals surface area contributed by atoms with Gasteiger partial charge in [-0.3, -0.25) is 14.4 Å². The number of aryl methyl sites for hydroxylation is 2. The van der Waals surface area contributed by atoms with Crippen LogP contribution in [0, 0.1) is 20.8 Å². The van der Waals surface area contributed by atoms with Crippen molar-refractivity contribution in [2.24, 2.45) is 0 Å². The van der Waals surface area contributed by atoms with E-state index in [2.05, 4.69) is 53.3 Å². The van der Waals surface area contributed by atoms with Crippen LogP contribution in [0.15, 0.2) is 41.2 Å². The van der Waals surface area contributed by atoms with Gasteiger partial charge in [-0.25, -0.2) is 0 Å². The maximum atomic E-state index is 14.0. The summed E-state index contributed by atoms with van der Waals surface area (Å²) in [5.41, 5.74) is 7.92. The summed E-state index contributed by atoms with van der Waals surface area (Å²) >= 11 is 0. The van der Waals surface area contributed by atoms with Gasteiger partial charge in [0.2, 0.25) is 5.91 Å². The minimum Gasteiger partial charge on any atom is -0.381 e. The van der Waals surface area contributed by atoms with Crippen LogP contribution in [0.4, 0.5) is 11.4 Å². The number of hydrogen-bond acceptors (Lipinski definition) is 6. The van der Waals surface area contributed by atoms with Gasteiger partial charge in [0.05, 0.1) is 5.41 Å². The Balaban J connectivity index is 1.43. The third-order valence-electron chi connectivity index (χ3n) is 10.4. The summed E-state index contributed by atoms with van der Waals surface area (Å²) in [5, 5.41) is 3.05. The van der Waals surface area contributed by atoms with E-state index in [-0.39, 0.29) is 23.9 Å². The van der Waals surface area contributed by atoms with E-state index < -0.39 is 5.41 Å². The maximum Gasteiger partial charge on any atom is 0.253 e. The van der Waals surface area contributed by atoms with E-state index in [0.717, 1.165) is 83.9 Å². The number of rotatable bonds is 9. The standard InChI is InChI=1S/C38H48N4O5/c1-6-14-42-34-21-27(8-9-32(34)38(37(42)45)12-17-47-18-13-38)28-20-30(35(43)39-23-31-24(3)19-25(4)40-36(31)44)26(5)33(22-28)41(7-2)29-10-15-46-16-11-29/h8-9,19-22,29H,6-7,10-18,23H2,1-5H3,(H,39,43)(H,40,44). The van der Waals surface area contributed by atoms with Crippen molar-refractivity contribution in [1.82, 2.24) is 10.3 Å². The second-order valence-corrected chi connectivity index (χ2v) is 13.3. The Hall–Kier alpha value is -3.95. The van der Waals surface area contributed by atoms with E-state index in [9.17, 15) is 14.4 Å². The van der Waals surface area contributed by atoms with Crippen LogP contribution in [0.3, 0.4) is 0 Å². The molecule has 47 heavy (non-hydrogen) atoms. The number of ether oxygens (including phenoxy) is 2. The Bertz CT molecular complexity index is 1720. The third-order valence-corrected chi connectivity index (χ3v) is 10.4. The normalized spacial score (nSPS) is 17.6. The summed E-state index contributed by atoms with van der Waals surface area (Å²) in [7, 11) is 0. The molecule has 4 heterocycles. The van der Waals surface area contributed by atoms with Gasteiger partial charge in [0.15, 0.2) is 0 Å². The van der Waals surface area contributed by atoms with Crippen molar-refractivity contribution in [3.63, 3.8) is 0 Å². The smallest absolute Gasteiger partial charge is 0.253 e. The van der Waals surface area contributed by atoms with Crippen LogP contribution >= 0.6 is 0 Å². The number of nitrogens with one attached hydrogen (secondary N) is 2. The second kappa shape index (κ2) is 13.6. The molecule has 3 aliphatic heterocycles. The van der Waals surface area contributed by atoms with Gasteiger partial charge in [0.25, 0.3) is 11.5 Å². The molecular formula is C38H48N4O5. The first kappa shape index (κ1) is 33.0. The lowest BCUT2D eigenvalue weighted by atomic mass is 9.75. The molecule has 0 radical (unpaired) electrons. The molecule has 0 aliphatic carbocycles. The van der Waals surface area contributed by atoms with Gasteiger partial charge in [-0.05, 0) is 112 Å². The number of fused-ring (bicyclic) bond motifs is 2. The number of hydrogen-bond donors (Lipinski definition) is 2. The first-order valence-corrected chi connectivity index (χ1v) is 17.2. The molecule has 1 spiro atoms. The number of pyridine rings is 1. The van der Waals surface area contributed by atoms with Crippen molar-refractivity contribution in [3.05, 3.63) is 80.3 Å². The van der Waals surface area contributed by atoms with Gasteiger partial charge >= 0.3 is 0 Å². The van der Waals surface area contributed by atoms with Crippen molar-refractivity contribution < 1.29 is 19.1 Å². The molecule has 3 aliphatic rings. The average Bonchev–Trinajstić information content (AvgIpc) is 3.28. The Morgan fingerprint density at radius 3 is 2.38 bits per heavy atom. The first-order valence-electron chi connectivity index (χ1n) is 17.2. The second-order valence-electron chi connectivity index (χ2n) is 13.3. The molecule has 2 fully saturated rings. The highest BCUT2D eigenvalue weighted by molar-refractivity contribution is 6.09. The molecule has 250 valence electrons. The predicted octanol–water partition coefficient (Wildman–Crippen LogP) is 5.71. The monoisotopic (exact) mass is 640 g/mol. The van der Waals surface area contributed by atoms with Gasteiger partial charge in [-0.1, -0.05) is 19.1 Å². The van der Waals surface area contributed by atoms with Gasteiger partial charge in [-0.2, -0.15) is 0 Å². The fraction of sp³-hybridized carbons (Fsp3) is 0.500. The van der Waals surface area contributed by atoms with Crippen LogP contribution in [-0.2, 0) is 26.2 Å². The van der Waals surface area contributed by atoms with E-state index >= 15 is 0 Å². The molecule has 2 amide bonds. The Morgan fingerprint density at radius 2 is 1.70 bits per heavy atom. The molecule has 9 heteroatoms. The number of aromatic amines is 1. The van der Waals surface area contributed by atoms with Crippen LogP contribution in [0.5, 0.6) is 0 Å². The molecule has 0 atom stereocenters. The van der Waals surface area contributed by atoms with E-state index in [1.54, 1.807) is 0 Å². The van der Waals surface area contributed by atoms with Crippen molar-refractivity contribution in [1.29, 1.82) is 0 Å². The van der Waals surface area contributed by atoms with Gasteiger partial charge in [0, 0.05) is 80.3 Å². The molecule has 6 rings (SSSR count). The molecule has 1 aromatic heterocycles. The molecule has 0 bridgehead atoms. The highest BCUT2D eigenvalue weighted by Gasteiger charge is 2.51. The van der Waals surface area contributed by atoms with E-state index in [0.29, 0.717) is 49.8 Å². The van der Waals surface area contributed by atoms with Gasteiger partial charge in [-0.15, -0.1) is 0 Å². The zero-order valence-corrected chi connectivity index (χ0v) is 28.5. The first-order chi connectivity index (χ1) is 22.7. The van der Waals surface area contributed by atoms with Crippen molar-refractivity contribution in [2.75, 3.05) is 49.3 Å². The number of H-pyrrole nitrogens is 1. The fourth-order valence-corrected chi connectivity index (χ4v) is 7.86. The molecule has 0 unspecified atom stereocenters. The summed E-state index contributed by atoms with van der Waals surface area (Å²) in [5.74, 6) is -0.0457. The summed E-state index contributed by atoms with van der Waals surface area (Å²) in [6, 6.07) is 12.8. The maximum absolute atomic E-state index is 14.0. The number of nitrogens with zero attached hydrogens (tertiary/aromatic N) is 2. The number of anilines is 2. The number of carbonyl (C=O) groups is 2. The number of benzene rings is 2. The fourth-order valence-electron chi connectivity index (χ4n) is 7.86. The minimum atomic E-state index is -0.529. The molecule has 9 nitrogen and oxygen atoms in total. The number of carbonyl (C=O) groups excluding carboxylic acids is 2. The van der Waals surface area contributed by atoms with E-state index in [4.69, 9.17) is 9.47 Å². The van der Waals surface area contributed by atoms with Crippen molar-refractivity contribution in [2.45, 2.75) is 84.7 Å². The van der Waals surface area contributed by atoms with Crippen LogP contribution in [0.1, 0.15) is 84.3 Å². The van der Waals surface area contributed by atoms with E-state index in [1.807, 2.05) is 37.8 Å². The van der Waals surface area contributed by atoms with Crippen LogP contribution < -0.4 is 20.7 Å².